The van der Waals surface area contributed by atoms with Gasteiger partial charge in [-0.3, -0.25) is 9.69 Å². The minimum absolute atomic E-state index is 0.0337. The van der Waals surface area contributed by atoms with Gasteiger partial charge in [0.1, 0.15) is 10.5 Å². The standard InChI is InChI=1S/C20H14ClF2N3O2S/c1-20(12-4-7-15(22)16(23)8-12)18(27)26(19(28)25-20)9-14-10-29-17(24-14)11-2-5-13(21)6-3-11/h2-8,10H,9H2,1H3,(H,25,28). The van der Waals surface area contributed by atoms with Crippen molar-refractivity contribution in [1.82, 2.24) is 15.2 Å². The molecule has 3 aromatic rings. The van der Waals surface area contributed by atoms with Gasteiger partial charge in [0, 0.05) is 16.0 Å². The molecule has 1 N–H and O–H groups in total. The number of hydrogen-bond acceptors (Lipinski definition) is 4. The van der Waals surface area contributed by atoms with E-state index in [-0.39, 0.29) is 12.1 Å². The van der Waals surface area contributed by atoms with Gasteiger partial charge in [-0.15, -0.1) is 11.3 Å². The van der Waals surface area contributed by atoms with Gasteiger partial charge in [-0.05, 0) is 36.8 Å². The lowest BCUT2D eigenvalue weighted by Gasteiger charge is -2.22. The van der Waals surface area contributed by atoms with Gasteiger partial charge in [0.25, 0.3) is 5.91 Å². The molecule has 4 rings (SSSR count). The summed E-state index contributed by atoms with van der Waals surface area (Å²) in [6.45, 7) is 1.42. The molecular formula is C20H14ClF2N3O2S. The number of halogens is 3. The third kappa shape index (κ3) is 3.49. The quantitative estimate of drug-likeness (QED) is 0.606. The third-order valence-corrected chi connectivity index (χ3v) is 5.93. The zero-order valence-corrected chi connectivity index (χ0v) is 16.7. The summed E-state index contributed by atoms with van der Waals surface area (Å²) in [5, 5.41) is 5.67. The molecule has 2 heterocycles. The highest BCUT2D eigenvalue weighted by Gasteiger charge is 2.49. The number of amides is 3. The van der Waals surface area contributed by atoms with Crippen molar-refractivity contribution in [2.75, 3.05) is 0 Å². The maximum absolute atomic E-state index is 13.6. The molecule has 9 heteroatoms. The minimum atomic E-state index is -1.49. The molecule has 3 amide bonds. The topological polar surface area (TPSA) is 62.3 Å². The van der Waals surface area contributed by atoms with Crippen molar-refractivity contribution >= 4 is 34.9 Å². The second-order valence-electron chi connectivity index (χ2n) is 6.73. The molecule has 1 aliphatic rings. The first-order valence-corrected chi connectivity index (χ1v) is 9.83. The normalized spacial score (nSPS) is 19.0. The molecule has 0 aliphatic carbocycles. The Hall–Kier alpha value is -2.84. The van der Waals surface area contributed by atoms with Crippen molar-refractivity contribution in [3.63, 3.8) is 0 Å². The highest BCUT2D eigenvalue weighted by atomic mass is 35.5. The fourth-order valence-corrected chi connectivity index (χ4v) is 4.05. The lowest BCUT2D eigenvalue weighted by atomic mass is 9.92. The van der Waals surface area contributed by atoms with Crippen LogP contribution in [0.1, 0.15) is 18.2 Å². The van der Waals surface area contributed by atoms with E-state index < -0.39 is 29.1 Å². The molecule has 0 spiro atoms. The smallest absolute Gasteiger partial charge is 0.319 e. The highest BCUT2D eigenvalue weighted by Crippen LogP contribution is 2.32. The lowest BCUT2D eigenvalue weighted by molar-refractivity contribution is -0.131. The second kappa shape index (κ2) is 7.20. The van der Waals surface area contributed by atoms with Crippen molar-refractivity contribution < 1.29 is 18.4 Å². The third-order valence-electron chi connectivity index (χ3n) is 4.73. The van der Waals surface area contributed by atoms with Crippen molar-refractivity contribution in [3.8, 4) is 10.6 Å². The van der Waals surface area contributed by atoms with Crippen LogP contribution >= 0.6 is 22.9 Å². The Morgan fingerprint density at radius 1 is 1.14 bits per heavy atom. The molecule has 2 aromatic carbocycles. The molecule has 1 aliphatic heterocycles. The molecule has 148 valence electrons. The van der Waals surface area contributed by atoms with Crippen molar-refractivity contribution in [1.29, 1.82) is 0 Å². The Kier molecular flexibility index (Phi) is 4.84. The van der Waals surface area contributed by atoms with Crippen LogP contribution in [-0.4, -0.2) is 21.8 Å². The van der Waals surface area contributed by atoms with Crippen LogP contribution in [0.3, 0.4) is 0 Å². The first-order chi connectivity index (χ1) is 13.8. The Morgan fingerprint density at radius 2 is 1.86 bits per heavy atom. The molecule has 1 aromatic heterocycles. The van der Waals surface area contributed by atoms with Crippen LogP contribution in [0.25, 0.3) is 10.6 Å². The number of benzene rings is 2. The Morgan fingerprint density at radius 3 is 2.55 bits per heavy atom. The fourth-order valence-electron chi connectivity index (χ4n) is 3.11. The number of urea groups is 1. The van der Waals surface area contributed by atoms with E-state index >= 15 is 0 Å². The number of thiazole rings is 1. The van der Waals surface area contributed by atoms with Crippen molar-refractivity contribution in [3.05, 3.63) is 75.8 Å². The minimum Gasteiger partial charge on any atom is -0.319 e. The summed E-state index contributed by atoms with van der Waals surface area (Å²) in [6.07, 6.45) is 0. The summed E-state index contributed by atoms with van der Waals surface area (Å²) in [7, 11) is 0. The maximum Gasteiger partial charge on any atom is 0.325 e. The highest BCUT2D eigenvalue weighted by molar-refractivity contribution is 7.13. The van der Waals surface area contributed by atoms with Gasteiger partial charge in [0.15, 0.2) is 11.6 Å². The van der Waals surface area contributed by atoms with Crippen LogP contribution < -0.4 is 5.32 Å². The number of nitrogens with one attached hydrogen (secondary N) is 1. The molecule has 0 bridgehead atoms. The molecule has 1 unspecified atom stereocenters. The van der Waals surface area contributed by atoms with E-state index in [9.17, 15) is 18.4 Å². The van der Waals surface area contributed by atoms with Gasteiger partial charge in [-0.1, -0.05) is 29.8 Å². The van der Waals surface area contributed by atoms with Gasteiger partial charge in [0.05, 0.1) is 12.2 Å². The van der Waals surface area contributed by atoms with Crippen molar-refractivity contribution in [2.45, 2.75) is 19.0 Å². The first-order valence-electron chi connectivity index (χ1n) is 8.58. The number of rotatable bonds is 4. The monoisotopic (exact) mass is 433 g/mol. The summed E-state index contributed by atoms with van der Waals surface area (Å²) in [6, 6.07) is 9.67. The molecular weight excluding hydrogens is 420 g/mol. The number of carbonyl (C=O) groups excluding carboxylic acids is 2. The second-order valence-corrected chi connectivity index (χ2v) is 8.02. The van der Waals surface area contributed by atoms with Gasteiger partial charge in [-0.25, -0.2) is 18.6 Å². The van der Waals surface area contributed by atoms with Gasteiger partial charge >= 0.3 is 6.03 Å². The van der Waals surface area contributed by atoms with E-state index in [4.69, 9.17) is 11.6 Å². The first kappa shape index (κ1) is 19.5. The maximum atomic E-state index is 13.6. The number of aromatic nitrogens is 1. The SMILES string of the molecule is CC1(c2ccc(F)c(F)c2)NC(=O)N(Cc2csc(-c3ccc(Cl)cc3)n2)C1=O. The molecule has 1 atom stereocenters. The van der Waals surface area contributed by atoms with Gasteiger partial charge in [-0.2, -0.15) is 0 Å². The number of imide groups is 1. The Labute approximate surface area is 173 Å². The van der Waals surface area contributed by atoms with Crippen LogP contribution in [0.2, 0.25) is 5.02 Å². The zero-order valence-electron chi connectivity index (χ0n) is 15.1. The van der Waals surface area contributed by atoms with Gasteiger partial charge in [0.2, 0.25) is 0 Å². The molecule has 0 radical (unpaired) electrons. The largest absolute Gasteiger partial charge is 0.325 e. The fraction of sp³-hybridized carbons (Fsp3) is 0.150. The van der Waals surface area contributed by atoms with Crippen LogP contribution in [0.4, 0.5) is 13.6 Å². The average Bonchev–Trinajstić information content (AvgIpc) is 3.24. The predicted molar refractivity (Wildman–Crippen MR) is 105 cm³/mol. The molecule has 1 fully saturated rings. The summed E-state index contributed by atoms with van der Waals surface area (Å²) in [5.41, 5.74) is 0.0885. The molecule has 5 nitrogen and oxygen atoms in total. The van der Waals surface area contributed by atoms with E-state index in [1.54, 1.807) is 17.5 Å². The predicted octanol–water partition coefficient (Wildman–Crippen LogP) is 4.71. The van der Waals surface area contributed by atoms with Crippen molar-refractivity contribution in [2.24, 2.45) is 0 Å². The molecule has 0 saturated carbocycles. The van der Waals surface area contributed by atoms with E-state index in [1.165, 1.54) is 24.3 Å². The summed E-state index contributed by atoms with van der Waals surface area (Å²) >= 11 is 7.27. The Balaban J connectivity index is 1.57. The van der Waals surface area contributed by atoms with Crippen LogP contribution in [-0.2, 0) is 16.9 Å². The molecule has 29 heavy (non-hydrogen) atoms. The lowest BCUT2D eigenvalue weighted by Crippen LogP contribution is -2.41. The van der Waals surface area contributed by atoms with E-state index in [0.29, 0.717) is 10.7 Å². The van der Waals surface area contributed by atoms with Crippen LogP contribution in [0.5, 0.6) is 0 Å². The Bertz CT molecular complexity index is 1120. The zero-order chi connectivity index (χ0) is 20.8. The summed E-state index contributed by atoms with van der Waals surface area (Å²) in [4.78, 5) is 30.9. The molecule has 1 saturated heterocycles. The number of nitrogens with zero attached hydrogens (tertiary/aromatic N) is 2. The number of hydrogen-bond donors (Lipinski definition) is 1. The van der Waals surface area contributed by atoms with E-state index in [0.717, 1.165) is 27.6 Å². The van der Waals surface area contributed by atoms with Crippen LogP contribution in [0.15, 0.2) is 47.8 Å². The van der Waals surface area contributed by atoms with Gasteiger partial charge < -0.3 is 5.32 Å². The van der Waals surface area contributed by atoms with E-state index in [1.807, 2.05) is 12.1 Å². The summed E-state index contributed by atoms with van der Waals surface area (Å²) < 4.78 is 26.9. The number of carbonyl (C=O) groups is 2. The van der Waals surface area contributed by atoms with Crippen LogP contribution in [0, 0.1) is 11.6 Å². The summed E-state index contributed by atoms with van der Waals surface area (Å²) in [5.74, 6) is -2.67. The average molecular weight is 434 g/mol. The van der Waals surface area contributed by atoms with E-state index in [2.05, 4.69) is 10.3 Å².